The number of carbonyl (C=O) groups is 1. The van der Waals surface area contributed by atoms with Crippen LogP contribution in [0, 0.1) is 5.92 Å². The van der Waals surface area contributed by atoms with Crippen LogP contribution in [0.4, 0.5) is 0 Å². The van der Waals surface area contributed by atoms with Crippen molar-refractivity contribution in [3.05, 3.63) is 25.3 Å². The summed E-state index contributed by atoms with van der Waals surface area (Å²) < 4.78 is 0. The highest BCUT2D eigenvalue weighted by Gasteiger charge is 2.12. The van der Waals surface area contributed by atoms with Crippen LogP contribution in [0.2, 0.25) is 0 Å². The first-order valence-electron chi connectivity index (χ1n) is 4.25. The van der Waals surface area contributed by atoms with Crippen LogP contribution in [0.3, 0.4) is 0 Å². The van der Waals surface area contributed by atoms with Crippen LogP contribution < -0.4 is 5.32 Å². The lowest BCUT2D eigenvalue weighted by Crippen LogP contribution is -2.30. The number of hydrogen-bond acceptors (Lipinski definition) is 1. The van der Waals surface area contributed by atoms with Gasteiger partial charge in [-0.3, -0.25) is 4.79 Å². The molecule has 0 bridgehead atoms. The third-order valence-corrected chi connectivity index (χ3v) is 1.74. The summed E-state index contributed by atoms with van der Waals surface area (Å²) in [4.78, 5) is 11.3. The molecule has 2 nitrogen and oxygen atoms in total. The van der Waals surface area contributed by atoms with E-state index in [1.165, 1.54) is 0 Å². The number of allylic oxidation sites excluding steroid dienone is 1. The molecule has 0 aromatic carbocycles. The first-order chi connectivity index (χ1) is 5.76. The van der Waals surface area contributed by atoms with Crippen LogP contribution in [0.15, 0.2) is 25.3 Å². The van der Waals surface area contributed by atoms with Crippen LogP contribution in [0.25, 0.3) is 0 Å². The van der Waals surface area contributed by atoms with Crippen LogP contribution in [0.1, 0.15) is 19.8 Å². The van der Waals surface area contributed by atoms with E-state index in [9.17, 15) is 4.79 Å². The predicted molar refractivity (Wildman–Crippen MR) is 51.8 cm³/mol. The number of carbonyl (C=O) groups excluding carboxylic acids is 1. The van der Waals surface area contributed by atoms with Gasteiger partial charge in [0.1, 0.15) is 0 Å². The summed E-state index contributed by atoms with van der Waals surface area (Å²) in [6.45, 7) is 9.69. The highest BCUT2D eigenvalue weighted by Crippen LogP contribution is 2.07. The molecule has 68 valence electrons. The summed E-state index contributed by atoms with van der Waals surface area (Å²) in [5, 5.41) is 2.76. The second-order valence-corrected chi connectivity index (χ2v) is 2.66. The second kappa shape index (κ2) is 6.65. The van der Waals surface area contributed by atoms with Crippen LogP contribution >= 0.6 is 0 Å². The molecule has 0 spiro atoms. The molecule has 0 saturated carbocycles. The molecule has 1 atom stereocenters. The highest BCUT2D eigenvalue weighted by molar-refractivity contribution is 5.78. The number of nitrogens with one attached hydrogen (secondary N) is 1. The van der Waals surface area contributed by atoms with Gasteiger partial charge < -0.3 is 5.32 Å². The molecule has 12 heavy (non-hydrogen) atoms. The van der Waals surface area contributed by atoms with E-state index in [-0.39, 0.29) is 11.8 Å². The van der Waals surface area contributed by atoms with Gasteiger partial charge in [0.05, 0.1) is 0 Å². The highest BCUT2D eigenvalue weighted by atomic mass is 16.1. The van der Waals surface area contributed by atoms with Gasteiger partial charge in [-0.25, -0.2) is 0 Å². The van der Waals surface area contributed by atoms with Crippen LogP contribution in [0.5, 0.6) is 0 Å². The van der Waals surface area contributed by atoms with Crippen molar-refractivity contribution in [2.45, 2.75) is 19.8 Å². The zero-order valence-corrected chi connectivity index (χ0v) is 7.68. The molecule has 0 saturated heterocycles. The summed E-state index contributed by atoms with van der Waals surface area (Å²) >= 11 is 0. The van der Waals surface area contributed by atoms with Gasteiger partial charge in [-0.15, -0.1) is 13.2 Å². The molecule has 0 fully saturated rings. The lowest BCUT2D eigenvalue weighted by molar-refractivity contribution is -0.124. The molecule has 1 N–H and O–H groups in total. The minimum atomic E-state index is 0.0717. The molecule has 0 aromatic heterocycles. The van der Waals surface area contributed by atoms with Crippen LogP contribution in [-0.4, -0.2) is 12.5 Å². The minimum Gasteiger partial charge on any atom is -0.352 e. The third-order valence-electron chi connectivity index (χ3n) is 1.74. The van der Waals surface area contributed by atoms with Crippen molar-refractivity contribution in [2.24, 2.45) is 5.92 Å². The Morgan fingerprint density at radius 3 is 2.58 bits per heavy atom. The van der Waals surface area contributed by atoms with E-state index in [1.54, 1.807) is 12.2 Å². The van der Waals surface area contributed by atoms with Crippen molar-refractivity contribution < 1.29 is 4.79 Å². The fourth-order valence-corrected chi connectivity index (χ4v) is 0.977. The Bertz CT molecular complexity index is 163. The molecule has 0 aromatic rings. The van der Waals surface area contributed by atoms with E-state index in [0.29, 0.717) is 6.54 Å². The minimum absolute atomic E-state index is 0.0717. The van der Waals surface area contributed by atoms with Gasteiger partial charge in [-0.1, -0.05) is 19.1 Å². The second-order valence-electron chi connectivity index (χ2n) is 2.66. The fraction of sp³-hybridized carbons (Fsp3) is 0.500. The Balaban J connectivity index is 3.84. The molecule has 0 rings (SSSR count). The van der Waals surface area contributed by atoms with E-state index in [2.05, 4.69) is 18.5 Å². The molecule has 0 aliphatic carbocycles. The van der Waals surface area contributed by atoms with Crippen LogP contribution in [-0.2, 0) is 4.79 Å². The molecule has 1 amide bonds. The Labute approximate surface area is 74.4 Å². The molecule has 1 unspecified atom stereocenters. The van der Waals surface area contributed by atoms with Gasteiger partial charge in [-0.2, -0.15) is 0 Å². The summed E-state index contributed by atoms with van der Waals surface area (Å²) in [5.74, 6) is 0.166. The average molecular weight is 167 g/mol. The maximum absolute atomic E-state index is 11.3. The number of amides is 1. The van der Waals surface area contributed by atoms with Gasteiger partial charge >= 0.3 is 0 Å². The molecule has 2 heteroatoms. The van der Waals surface area contributed by atoms with Crippen molar-refractivity contribution >= 4 is 5.91 Å². The molecule has 0 heterocycles. The SMILES string of the molecule is C=CCNC(=O)C(CC)CC=C. The van der Waals surface area contributed by atoms with Gasteiger partial charge in [-0.05, 0) is 12.8 Å². The van der Waals surface area contributed by atoms with Crippen molar-refractivity contribution in [1.82, 2.24) is 5.32 Å². The molecular formula is C10H17NO. The van der Waals surface area contributed by atoms with Gasteiger partial charge in [0.2, 0.25) is 5.91 Å². The molecule has 0 aliphatic rings. The van der Waals surface area contributed by atoms with Crippen molar-refractivity contribution in [1.29, 1.82) is 0 Å². The zero-order valence-electron chi connectivity index (χ0n) is 7.68. The van der Waals surface area contributed by atoms with Crippen molar-refractivity contribution in [2.75, 3.05) is 6.54 Å². The quantitative estimate of drug-likeness (QED) is 0.601. The lowest BCUT2D eigenvalue weighted by Gasteiger charge is -2.11. The van der Waals surface area contributed by atoms with Gasteiger partial charge in [0.25, 0.3) is 0 Å². The third kappa shape index (κ3) is 3.96. The zero-order chi connectivity index (χ0) is 9.40. The Morgan fingerprint density at radius 1 is 1.50 bits per heavy atom. The summed E-state index contributed by atoms with van der Waals surface area (Å²) in [6.07, 6.45) is 5.06. The first-order valence-corrected chi connectivity index (χ1v) is 4.25. The van der Waals surface area contributed by atoms with Gasteiger partial charge in [0.15, 0.2) is 0 Å². The van der Waals surface area contributed by atoms with Crippen molar-refractivity contribution in [3.63, 3.8) is 0 Å². The Morgan fingerprint density at radius 2 is 2.17 bits per heavy atom. The molecule has 0 radical (unpaired) electrons. The Kier molecular flexibility index (Phi) is 6.07. The van der Waals surface area contributed by atoms with Gasteiger partial charge in [0, 0.05) is 12.5 Å². The van der Waals surface area contributed by atoms with E-state index < -0.39 is 0 Å². The van der Waals surface area contributed by atoms with E-state index >= 15 is 0 Å². The average Bonchev–Trinajstić information content (AvgIpc) is 2.10. The van der Waals surface area contributed by atoms with E-state index in [4.69, 9.17) is 0 Å². The lowest BCUT2D eigenvalue weighted by atomic mass is 10.0. The fourth-order valence-electron chi connectivity index (χ4n) is 0.977. The summed E-state index contributed by atoms with van der Waals surface area (Å²) in [7, 11) is 0. The summed E-state index contributed by atoms with van der Waals surface area (Å²) in [6, 6.07) is 0. The number of rotatable bonds is 6. The largest absolute Gasteiger partial charge is 0.352 e. The normalized spacial score (nSPS) is 11.8. The predicted octanol–water partition coefficient (Wildman–Crippen LogP) is 1.89. The number of hydrogen-bond donors (Lipinski definition) is 1. The maximum Gasteiger partial charge on any atom is 0.223 e. The monoisotopic (exact) mass is 167 g/mol. The smallest absolute Gasteiger partial charge is 0.223 e. The van der Waals surface area contributed by atoms with E-state index in [1.807, 2.05) is 6.92 Å². The topological polar surface area (TPSA) is 29.1 Å². The summed E-state index contributed by atoms with van der Waals surface area (Å²) in [5.41, 5.74) is 0. The molecule has 0 aliphatic heterocycles. The van der Waals surface area contributed by atoms with E-state index in [0.717, 1.165) is 12.8 Å². The molecular weight excluding hydrogens is 150 g/mol. The maximum atomic E-state index is 11.3. The standard InChI is InChI=1S/C10H17NO/c1-4-7-9(6-3)10(12)11-8-5-2/h4-5,9H,1-2,6-8H2,3H3,(H,11,12). The first kappa shape index (κ1) is 11.0. The Hall–Kier alpha value is -1.05. The van der Waals surface area contributed by atoms with Crippen molar-refractivity contribution in [3.8, 4) is 0 Å².